The predicted molar refractivity (Wildman–Crippen MR) is 88.1 cm³/mol. The molecule has 0 saturated carbocycles. The second-order valence-corrected chi connectivity index (χ2v) is 7.14. The summed E-state index contributed by atoms with van der Waals surface area (Å²) < 4.78 is 3.71. The van der Waals surface area contributed by atoms with Crippen LogP contribution in [0.3, 0.4) is 0 Å². The van der Waals surface area contributed by atoms with Crippen molar-refractivity contribution in [2.45, 2.75) is 32.7 Å². The van der Waals surface area contributed by atoms with Gasteiger partial charge in [0.2, 0.25) is 11.4 Å². The highest BCUT2D eigenvalue weighted by Gasteiger charge is 2.49. The molecule has 0 bridgehead atoms. The molecule has 100 valence electrons. The second kappa shape index (κ2) is 3.82. The lowest BCUT2D eigenvalue weighted by molar-refractivity contribution is -0.512. The van der Waals surface area contributed by atoms with E-state index in [1.807, 2.05) is 0 Å². The quantitative estimate of drug-likeness (QED) is 0.587. The van der Waals surface area contributed by atoms with Gasteiger partial charge in [-0.3, -0.25) is 0 Å². The molecule has 2 aliphatic rings. The summed E-state index contributed by atoms with van der Waals surface area (Å²) in [5.41, 5.74) is 5.77. The first-order valence-corrected chi connectivity index (χ1v) is 7.88. The first kappa shape index (κ1) is 12.3. The van der Waals surface area contributed by atoms with E-state index in [-0.39, 0.29) is 5.54 Å². The maximum atomic E-state index is 3.69. The van der Waals surface area contributed by atoms with Crippen molar-refractivity contribution in [1.82, 2.24) is 0 Å². The van der Waals surface area contributed by atoms with Crippen molar-refractivity contribution in [1.29, 1.82) is 0 Å². The fourth-order valence-electron chi connectivity index (χ4n) is 3.79. The Morgan fingerprint density at radius 3 is 2.75 bits per heavy atom. The molecule has 0 N–H and O–H groups in total. The van der Waals surface area contributed by atoms with E-state index >= 15 is 0 Å². The van der Waals surface area contributed by atoms with Crippen molar-refractivity contribution < 1.29 is 4.58 Å². The van der Waals surface area contributed by atoms with E-state index in [0.29, 0.717) is 0 Å². The molecule has 2 aromatic carbocycles. The minimum absolute atomic E-state index is 0.150. The summed E-state index contributed by atoms with van der Waals surface area (Å²) in [6.07, 6.45) is 3.39. The maximum Gasteiger partial charge on any atom is 0.217 e. The largest absolute Gasteiger partial charge is 0.217 e. The predicted octanol–water partition coefficient (Wildman–Crippen LogP) is 5.18. The Balaban J connectivity index is 2.18. The van der Waals surface area contributed by atoms with Gasteiger partial charge in [0.15, 0.2) is 5.54 Å². The number of nitrogens with zero attached hydrogens (tertiary/aromatic N) is 1. The van der Waals surface area contributed by atoms with Crippen molar-refractivity contribution in [3.05, 3.63) is 52.0 Å². The van der Waals surface area contributed by atoms with E-state index in [4.69, 9.17) is 0 Å². The van der Waals surface area contributed by atoms with Gasteiger partial charge in [0.1, 0.15) is 0 Å². The van der Waals surface area contributed by atoms with Gasteiger partial charge in [-0.2, -0.15) is 4.58 Å². The van der Waals surface area contributed by atoms with Crippen molar-refractivity contribution >= 4 is 38.1 Å². The number of hydrogen-bond donors (Lipinski definition) is 0. The fraction of sp³-hybridized carbons (Fsp3) is 0.278. The van der Waals surface area contributed by atoms with Gasteiger partial charge in [-0.15, -0.1) is 0 Å². The number of allylic oxidation sites excluding steroid dienone is 1. The molecule has 20 heavy (non-hydrogen) atoms. The van der Waals surface area contributed by atoms with E-state index in [0.717, 1.165) is 6.42 Å². The van der Waals surface area contributed by atoms with Crippen LogP contribution in [0.4, 0.5) is 5.69 Å². The molecular weight excluding hydrogens is 310 g/mol. The van der Waals surface area contributed by atoms with Crippen LogP contribution in [0, 0.1) is 0 Å². The van der Waals surface area contributed by atoms with E-state index in [1.165, 1.54) is 37.8 Å². The molecule has 0 fully saturated rings. The van der Waals surface area contributed by atoms with E-state index in [1.54, 1.807) is 0 Å². The average molecular weight is 327 g/mol. The zero-order valence-corrected chi connectivity index (χ0v) is 13.6. The molecule has 1 nitrogen and oxygen atoms in total. The van der Waals surface area contributed by atoms with Crippen LogP contribution in [0.2, 0.25) is 0 Å². The molecule has 2 heterocycles. The first-order valence-electron chi connectivity index (χ1n) is 7.09. The second-order valence-electron chi connectivity index (χ2n) is 6.28. The topological polar surface area (TPSA) is 3.01 Å². The Hall–Kier alpha value is -1.41. The van der Waals surface area contributed by atoms with E-state index in [2.05, 4.69) is 77.7 Å². The smallest absolute Gasteiger partial charge is 0.186 e. The normalized spacial score (nSPS) is 21.1. The lowest BCUT2D eigenvalue weighted by Crippen LogP contribution is -2.28. The Morgan fingerprint density at radius 2 is 2.00 bits per heavy atom. The number of fused-ring (bicyclic) bond motifs is 2. The van der Waals surface area contributed by atoms with Crippen LogP contribution in [0.25, 0.3) is 10.8 Å². The van der Waals surface area contributed by atoms with E-state index in [9.17, 15) is 0 Å². The summed E-state index contributed by atoms with van der Waals surface area (Å²) in [7, 11) is 0. The minimum Gasteiger partial charge on any atom is -0.186 e. The lowest BCUT2D eigenvalue weighted by Gasteiger charge is -2.16. The van der Waals surface area contributed by atoms with Crippen molar-refractivity contribution in [2.24, 2.45) is 0 Å². The molecule has 0 aromatic heterocycles. The Kier molecular flexibility index (Phi) is 2.36. The maximum absolute atomic E-state index is 3.69. The minimum atomic E-state index is 0.150. The van der Waals surface area contributed by atoms with Crippen molar-refractivity contribution in [2.75, 3.05) is 0 Å². The van der Waals surface area contributed by atoms with Gasteiger partial charge >= 0.3 is 0 Å². The monoisotopic (exact) mass is 326 g/mol. The van der Waals surface area contributed by atoms with Gasteiger partial charge in [-0.05, 0) is 19.1 Å². The summed E-state index contributed by atoms with van der Waals surface area (Å²) >= 11 is 3.69. The molecule has 2 aromatic rings. The highest BCUT2D eigenvalue weighted by molar-refractivity contribution is 9.10. The van der Waals surface area contributed by atoms with Gasteiger partial charge in [0, 0.05) is 41.8 Å². The number of rotatable bonds is 0. The zero-order valence-electron chi connectivity index (χ0n) is 12.0. The van der Waals surface area contributed by atoms with Crippen LogP contribution in [-0.4, -0.2) is 15.8 Å². The molecule has 4 rings (SSSR count). The highest BCUT2D eigenvalue weighted by Crippen LogP contribution is 2.47. The fourth-order valence-corrected chi connectivity index (χ4v) is 4.25. The molecule has 2 heteroatoms. The van der Waals surface area contributed by atoms with Crippen LogP contribution < -0.4 is 0 Å². The molecule has 0 aliphatic carbocycles. The van der Waals surface area contributed by atoms with Gasteiger partial charge < -0.3 is 0 Å². The molecule has 2 aliphatic heterocycles. The Bertz CT molecular complexity index is 825. The van der Waals surface area contributed by atoms with Crippen molar-refractivity contribution in [3.63, 3.8) is 0 Å². The summed E-state index contributed by atoms with van der Waals surface area (Å²) in [6, 6.07) is 11.1. The Morgan fingerprint density at radius 1 is 1.20 bits per heavy atom. The van der Waals surface area contributed by atoms with Gasteiger partial charge in [0.25, 0.3) is 0 Å². The third-order valence-corrected chi connectivity index (χ3v) is 5.26. The van der Waals surface area contributed by atoms with E-state index < -0.39 is 0 Å². The van der Waals surface area contributed by atoms with Gasteiger partial charge in [-0.1, -0.05) is 34.1 Å². The number of halogens is 1. The van der Waals surface area contributed by atoms with Gasteiger partial charge in [-0.25, -0.2) is 0 Å². The van der Waals surface area contributed by atoms with Crippen LogP contribution >= 0.6 is 15.9 Å². The van der Waals surface area contributed by atoms with Crippen LogP contribution in [-0.2, 0) is 0 Å². The zero-order chi connectivity index (χ0) is 14.1. The molecule has 0 radical (unpaired) electrons. The molecule has 0 amide bonds. The van der Waals surface area contributed by atoms with Crippen LogP contribution in [0.15, 0.2) is 46.5 Å². The molecule has 0 unspecified atom stereocenters. The van der Waals surface area contributed by atoms with Crippen LogP contribution in [0.5, 0.6) is 0 Å². The molecule has 0 atom stereocenters. The summed E-state index contributed by atoms with van der Waals surface area (Å²) in [5.74, 6) is 0. The Labute approximate surface area is 127 Å². The van der Waals surface area contributed by atoms with Crippen molar-refractivity contribution in [3.8, 4) is 0 Å². The third kappa shape index (κ3) is 1.35. The summed E-state index contributed by atoms with van der Waals surface area (Å²) in [5, 5.41) is 2.71. The average Bonchev–Trinajstić information content (AvgIpc) is 2.90. The first-order chi connectivity index (χ1) is 9.54. The van der Waals surface area contributed by atoms with Crippen LogP contribution in [0.1, 0.15) is 32.8 Å². The molecule has 0 spiro atoms. The lowest BCUT2D eigenvalue weighted by atomic mass is 9.92. The summed E-state index contributed by atoms with van der Waals surface area (Å²) in [4.78, 5) is 0. The number of hydrogen-bond acceptors (Lipinski definition) is 0. The number of benzene rings is 2. The van der Waals surface area contributed by atoms with Gasteiger partial charge in [0.05, 0.1) is 10.9 Å². The highest BCUT2D eigenvalue weighted by atomic mass is 79.9. The molecular formula is C18H17BrN+. The SMILES string of the molecule is C/C=C1\CC(C)(C)[N+]2=C1c1cccc3c(Br)ccc2c13. The summed E-state index contributed by atoms with van der Waals surface area (Å²) in [6.45, 7) is 6.83. The standard InChI is InChI=1S/C18H17BrN/c1-4-11-10-18(2,3)20-15-9-8-14(19)12-6-5-7-13(16(12)15)17(11)20/h4-9H,10H2,1-3H3/q+1/b11-4+. The third-order valence-electron chi connectivity index (χ3n) is 4.57. The molecule has 0 saturated heterocycles.